The summed E-state index contributed by atoms with van der Waals surface area (Å²) in [4.78, 5) is 18.6. The number of hydrogen-bond donors (Lipinski definition) is 2. The molecule has 180 valence electrons. The van der Waals surface area contributed by atoms with Crippen LogP contribution >= 0.6 is 11.6 Å². The molecule has 0 aliphatic heterocycles. The highest BCUT2D eigenvalue weighted by atomic mass is 35.5. The molecule has 0 fully saturated rings. The number of pyridine rings is 1. The Balaban J connectivity index is 0.000000237. The molecule has 35 heavy (non-hydrogen) atoms. The third-order valence-corrected chi connectivity index (χ3v) is 5.78. The molecule has 1 aliphatic rings. The number of aliphatic imine (C=N–C) groups is 1. The first kappa shape index (κ1) is 25.9. The number of anilines is 1. The van der Waals surface area contributed by atoms with E-state index in [9.17, 15) is 4.79 Å². The van der Waals surface area contributed by atoms with Crippen molar-refractivity contribution in [2.75, 3.05) is 12.4 Å². The van der Waals surface area contributed by atoms with Crippen LogP contribution < -0.4 is 11.1 Å². The number of halogens is 1. The van der Waals surface area contributed by atoms with Crippen molar-refractivity contribution in [3.63, 3.8) is 0 Å². The van der Waals surface area contributed by atoms with E-state index in [1.807, 2.05) is 37.3 Å². The normalized spacial score (nSPS) is 12.9. The molecule has 0 radical (unpaired) electrons. The maximum Gasteiger partial charge on any atom is 0.168 e. The Bertz CT molecular complexity index is 1230. The van der Waals surface area contributed by atoms with E-state index >= 15 is 0 Å². The summed E-state index contributed by atoms with van der Waals surface area (Å²) in [7, 11) is 1.67. The summed E-state index contributed by atoms with van der Waals surface area (Å²) in [5, 5.41) is 4.08. The molecule has 0 spiro atoms. The summed E-state index contributed by atoms with van der Waals surface area (Å²) in [5.74, 6) is 0.489. The third kappa shape index (κ3) is 8.23. The van der Waals surface area contributed by atoms with Gasteiger partial charge in [-0.3, -0.25) is 9.79 Å². The van der Waals surface area contributed by atoms with Gasteiger partial charge in [-0.05, 0) is 73.6 Å². The molecule has 0 bridgehead atoms. The minimum Gasteiger partial charge on any atom is -0.384 e. The highest BCUT2D eigenvalue weighted by Gasteiger charge is 2.06. The number of aromatic nitrogens is 1. The second-order valence-corrected chi connectivity index (χ2v) is 8.66. The smallest absolute Gasteiger partial charge is 0.168 e. The van der Waals surface area contributed by atoms with E-state index < -0.39 is 0 Å². The zero-order valence-electron chi connectivity index (χ0n) is 20.2. The van der Waals surface area contributed by atoms with E-state index in [0.29, 0.717) is 16.6 Å². The number of carbonyl (C=O) groups excluding carboxylic acids is 1. The van der Waals surface area contributed by atoms with Crippen molar-refractivity contribution in [3.8, 4) is 0 Å². The second kappa shape index (κ2) is 13.3. The molecule has 1 aliphatic carbocycles. The number of aryl methyl sites for hydroxylation is 3. The standard InChI is InChI=1S/C19H22ClN3.C10H9NO/c1-14(12-19(21)22-2)23-18-13-17(20)11-10-16(18)9-8-15-6-4-3-5-7-15;12-7-9-6-5-8-3-1-2-4-10(8)11-9/h3-7,10-13,23H,8-9H2,1-2H3,(H2,21,22);1,3,5-7H,2,4H2/b14-12-;. The first-order chi connectivity index (χ1) is 17.0. The van der Waals surface area contributed by atoms with Gasteiger partial charge >= 0.3 is 0 Å². The van der Waals surface area contributed by atoms with Crippen molar-refractivity contribution in [1.82, 2.24) is 4.98 Å². The van der Waals surface area contributed by atoms with Crippen molar-refractivity contribution in [1.29, 1.82) is 0 Å². The van der Waals surface area contributed by atoms with Crippen LogP contribution in [0.1, 0.15) is 46.2 Å². The highest BCUT2D eigenvalue weighted by molar-refractivity contribution is 6.30. The van der Waals surface area contributed by atoms with Crippen LogP contribution in [0.4, 0.5) is 5.69 Å². The monoisotopic (exact) mass is 486 g/mol. The highest BCUT2D eigenvalue weighted by Crippen LogP contribution is 2.24. The molecular weight excluding hydrogens is 456 g/mol. The zero-order valence-corrected chi connectivity index (χ0v) is 20.9. The number of benzene rings is 2. The minimum atomic E-state index is 0.489. The lowest BCUT2D eigenvalue weighted by molar-refractivity contribution is 0.111. The van der Waals surface area contributed by atoms with Gasteiger partial charge < -0.3 is 11.1 Å². The van der Waals surface area contributed by atoms with Gasteiger partial charge in [0.1, 0.15) is 11.5 Å². The summed E-state index contributed by atoms with van der Waals surface area (Å²) in [5.41, 5.74) is 12.9. The molecule has 4 rings (SSSR count). The molecule has 1 heterocycles. The van der Waals surface area contributed by atoms with E-state index in [1.165, 1.54) is 11.1 Å². The molecule has 3 aromatic rings. The fraction of sp³-hybridized carbons (Fsp3) is 0.207. The van der Waals surface area contributed by atoms with Crippen molar-refractivity contribution in [3.05, 3.63) is 112 Å². The Morgan fingerprint density at radius 3 is 2.69 bits per heavy atom. The molecule has 0 atom stereocenters. The third-order valence-electron chi connectivity index (χ3n) is 5.55. The summed E-state index contributed by atoms with van der Waals surface area (Å²) < 4.78 is 0. The van der Waals surface area contributed by atoms with Crippen molar-refractivity contribution in [2.45, 2.75) is 32.6 Å². The van der Waals surface area contributed by atoms with Gasteiger partial charge in [0.15, 0.2) is 6.29 Å². The maximum atomic E-state index is 10.4. The maximum absolute atomic E-state index is 10.4. The van der Waals surface area contributed by atoms with Crippen LogP contribution in [0, 0.1) is 0 Å². The number of nitrogens with zero attached hydrogens (tertiary/aromatic N) is 2. The van der Waals surface area contributed by atoms with Gasteiger partial charge in [-0.1, -0.05) is 66.2 Å². The number of hydrogen-bond acceptors (Lipinski definition) is 4. The Kier molecular flexibility index (Phi) is 9.81. The predicted octanol–water partition coefficient (Wildman–Crippen LogP) is 6.28. The number of nitrogens with two attached hydrogens (primary N) is 1. The number of carbonyl (C=O) groups is 1. The molecule has 5 nitrogen and oxygen atoms in total. The number of nitrogens with one attached hydrogen (secondary N) is 1. The molecule has 0 saturated heterocycles. The van der Waals surface area contributed by atoms with Gasteiger partial charge in [-0.25, -0.2) is 4.98 Å². The fourth-order valence-electron chi connectivity index (χ4n) is 3.72. The summed E-state index contributed by atoms with van der Waals surface area (Å²) in [6.45, 7) is 1.96. The summed E-state index contributed by atoms with van der Waals surface area (Å²) >= 11 is 6.14. The van der Waals surface area contributed by atoms with Crippen LogP contribution in [0.15, 0.2) is 83.5 Å². The molecular formula is C29H31ClN4O. The van der Waals surface area contributed by atoms with Crippen LogP contribution in [0.5, 0.6) is 0 Å². The summed E-state index contributed by atoms with van der Waals surface area (Å²) in [6, 6.07) is 20.1. The van der Waals surface area contributed by atoms with E-state index in [-0.39, 0.29) is 0 Å². The van der Waals surface area contributed by atoms with Crippen LogP contribution in [0.2, 0.25) is 5.02 Å². The van der Waals surface area contributed by atoms with Gasteiger partial charge in [-0.15, -0.1) is 0 Å². The van der Waals surface area contributed by atoms with Gasteiger partial charge in [0.05, 0.1) is 0 Å². The fourth-order valence-corrected chi connectivity index (χ4v) is 3.89. The average Bonchev–Trinajstić information content (AvgIpc) is 2.88. The lowest BCUT2D eigenvalue weighted by atomic mass is 10.0. The Labute approximate surface area is 212 Å². The van der Waals surface area contributed by atoms with Crippen LogP contribution in [0.25, 0.3) is 6.08 Å². The molecule has 0 amide bonds. The van der Waals surface area contributed by atoms with E-state index in [1.54, 1.807) is 13.1 Å². The van der Waals surface area contributed by atoms with Gasteiger partial charge in [0, 0.05) is 29.1 Å². The molecule has 0 saturated carbocycles. The van der Waals surface area contributed by atoms with Crippen molar-refractivity contribution < 1.29 is 4.79 Å². The number of fused-ring (bicyclic) bond motifs is 1. The molecule has 2 aromatic carbocycles. The summed E-state index contributed by atoms with van der Waals surface area (Å²) in [6.07, 6.45) is 10.7. The average molecular weight is 487 g/mol. The molecule has 0 unspecified atom stereocenters. The Morgan fingerprint density at radius 1 is 1.14 bits per heavy atom. The molecule has 6 heteroatoms. The Morgan fingerprint density at radius 2 is 1.94 bits per heavy atom. The topological polar surface area (TPSA) is 80.4 Å². The van der Waals surface area contributed by atoms with Crippen molar-refractivity contribution in [2.24, 2.45) is 10.7 Å². The van der Waals surface area contributed by atoms with E-state index in [4.69, 9.17) is 17.3 Å². The number of amidine groups is 1. The lowest BCUT2D eigenvalue weighted by Crippen LogP contribution is -2.10. The zero-order chi connectivity index (χ0) is 25.0. The lowest BCUT2D eigenvalue weighted by Gasteiger charge is -2.13. The van der Waals surface area contributed by atoms with Gasteiger partial charge in [0.2, 0.25) is 0 Å². The SMILES string of the molecule is CN=C(N)/C=C(/C)Nc1cc(Cl)ccc1CCc1ccccc1.O=Cc1ccc2c(n1)CCC=C2. The Hall–Kier alpha value is -3.70. The van der Waals surface area contributed by atoms with E-state index in [0.717, 1.165) is 54.6 Å². The molecule has 3 N–H and O–H groups in total. The number of allylic oxidation sites excluding steroid dienone is 2. The second-order valence-electron chi connectivity index (χ2n) is 8.22. The van der Waals surface area contributed by atoms with Crippen LogP contribution in [0.3, 0.4) is 0 Å². The van der Waals surface area contributed by atoms with Crippen LogP contribution in [-0.4, -0.2) is 24.2 Å². The van der Waals surface area contributed by atoms with Crippen LogP contribution in [-0.2, 0) is 19.3 Å². The first-order valence-electron chi connectivity index (χ1n) is 11.6. The predicted molar refractivity (Wildman–Crippen MR) is 147 cm³/mol. The van der Waals surface area contributed by atoms with E-state index in [2.05, 4.69) is 57.8 Å². The van der Waals surface area contributed by atoms with Gasteiger partial charge in [-0.2, -0.15) is 0 Å². The quantitative estimate of drug-likeness (QED) is 0.234. The van der Waals surface area contributed by atoms with Crippen molar-refractivity contribution >= 4 is 35.5 Å². The minimum absolute atomic E-state index is 0.489. The first-order valence-corrected chi connectivity index (χ1v) is 12.0. The van der Waals surface area contributed by atoms with Gasteiger partial charge in [0.25, 0.3) is 0 Å². The molecule has 1 aromatic heterocycles. The number of aldehydes is 1. The largest absolute Gasteiger partial charge is 0.384 e. The number of rotatable bonds is 7.